The first kappa shape index (κ1) is 17.9. The number of benzene rings is 4. The molecule has 2 aliphatic rings. The van der Waals surface area contributed by atoms with Gasteiger partial charge in [-0.1, -0.05) is 109 Å². The summed E-state index contributed by atoms with van der Waals surface area (Å²) in [5.74, 6) is 0. The highest BCUT2D eigenvalue weighted by molar-refractivity contribution is 6.25. The van der Waals surface area contributed by atoms with Crippen molar-refractivity contribution in [3.05, 3.63) is 115 Å². The van der Waals surface area contributed by atoms with E-state index in [4.69, 9.17) is 0 Å². The summed E-state index contributed by atoms with van der Waals surface area (Å²) in [5, 5.41) is 7.83. The van der Waals surface area contributed by atoms with E-state index in [1.807, 2.05) is 0 Å². The Morgan fingerprint density at radius 2 is 1.23 bits per heavy atom. The molecule has 0 N–H and O–H groups in total. The van der Waals surface area contributed by atoms with Gasteiger partial charge in [0, 0.05) is 0 Å². The summed E-state index contributed by atoms with van der Waals surface area (Å²) in [5.41, 5.74) is 6.51. The van der Waals surface area contributed by atoms with Crippen molar-refractivity contribution in [2.75, 3.05) is 0 Å². The number of allylic oxidation sites excluding steroid dienone is 1. The Morgan fingerprint density at radius 1 is 0.548 bits per heavy atom. The first-order chi connectivity index (χ1) is 15.4. The second kappa shape index (κ2) is 7.11. The van der Waals surface area contributed by atoms with Gasteiger partial charge in [-0.05, 0) is 73.1 Å². The van der Waals surface area contributed by atoms with Crippen LogP contribution in [0.5, 0.6) is 0 Å². The van der Waals surface area contributed by atoms with Gasteiger partial charge < -0.3 is 0 Å². The molecular weight excluding hydrogens is 372 g/mol. The molecule has 0 atom stereocenters. The van der Waals surface area contributed by atoms with Gasteiger partial charge in [0.1, 0.15) is 0 Å². The van der Waals surface area contributed by atoms with Crippen molar-refractivity contribution < 1.29 is 0 Å². The molecule has 0 nitrogen and oxygen atoms in total. The van der Waals surface area contributed by atoms with E-state index in [1.54, 1.807) is 0 Å². The van der Waals surface area contributed by atoms with Crippen LogP contribution in [0.2, 0.25) is 0 Å². The summed E-state index contributed by atoms with van der Waals surface area (Å²) >= 11 is 0. The third-order valence-corrected chi connectivity index (χ3v) is 6.31. The molecule has 0 bridgehead atoms. The van der Waals surface area contributed by atoms with Crippen LogP contribution in [0.4, 0.5) is 0 Å². The second-order valence-electron chi connectivity index (χ2n) is 8.08. The predicted molar refractivity (Wildman–Crippen MR) is 136 cm³/mol. The maximum absolute atomic E-state index is 2.39. The molecule has 0 saturated heterocycles. The standard InChI is InChI=1S/C31H22/c1-2-11-21-15-10-19-27-29(21)24-16-7-6-14-23(24)20-28-25-17-8-9-18-26(25)30(31(27)28)22-12-4-3-5-13-22/h2-20H,1H3/b11-2+. The Kier molecular flexibility index (Phi) is 4.11. The van der Waals surface area contributed by atoms with Crippen LogP contribution in [0.25, 0.3) is 60.6 Å². The van der Waals surface area contributed by atoms with Crippen molar-refractivity contribution in [3.8, 4) is 22.3 Å². The lowest BCUT2D eigenvalue weighted by atomic mass is 9.94. The molecule has 4 aromatic rings. The molecule has 146 valence electrons. The molecule has 0 fully saturated rings. The van der Waals surface area contributed by atoms with E-state index in [0.717, 1.165) is 0 Å². The van der Waals surface area contributed by atoms with Crippen LogP contribution in [0, 0.1) is 0 Å². The monoisotopic (exact) mass is 394 g/mol. The summed E-state index contributed by atoms with van der Waals surface area (Å²) in [7, 11) is 0. The van der Waals surface area contributed by atoms with Crippen LogP contribution >= 0.6 is 0 Å². The minimum absolute atomic E-state index is 1.26. The first-order valence-electron chi connectivity index (χ1n) is 10.8. The Bertz CT molecular complexity index is 1570. The van der Waals surface area contributed by atoms with Crippen LogP contribution in [-0.4, -0.2) is 0 Å². The molecule has 0 radical (unpaired) electrons. The third kappa shape index (κ3) is 2.69. The predicted octanol–water partition coefficient (Wildman–Crippen LogP) is 8.95. The van der Waals surface area contributed by atoms with Gasteiger partial charge in [-0.3, -0.25) is 0 Å². The highest BCUT2D eigenvalue weighted by atomic mass is 14.2. The second-order valence-corrected chi connectivity index (χ2v) is 8.08. The number of hydrogen-bond acceptors (Lipinski definition) is 0. The first-order valence-corrected chi connectivity index (χ1v) is 10.8. The number of fused-ring (bicyclic) bond motifs is 7. The van der Waals surface area contributed by atoms with Crippen LogP contribution < -0.4 is 0 Å². The average molecular weight is 395 g/mol. The lowest BCUT2D eigenvalue weighted by Crippen LogP contribution is -1.82. The van der Waals surface area contributed by atoms with Crippen LogP contribution in [0.3, 0.4) is 0 Å². The maximum Gasteiger partial charge on any atom is -0.00137 e. The lowest BCUT2D eigenvalue weighted by molar-refractivity contribution is 1.68. The van der Waals surface area contributed by atoms with Gasteiger partial charge in [0.05, 0.1) is 0 Å². The molecule has 0 heteroatoms. The van der Waals surface area contributed by atoms with Gasteiger partial charge in [0.2, 0.25) is 0 Å². The zero-order chi connectivity index (χ0) is 20.8. The summed E-state index contributed by atoms with van der Waals surface area (Å²) in [6.45, 7) is 2.09. The zero-order valence-corrected chi connectivity index (χ0v) is 17.5. The fraction of sp³-hybridized carbons (Fsp3) is 0.0323. The molecule has 31 heavy (non-hydrogen) atoms. The molecule has 0 aromatic heterocycles. The van der Waals surface area contributed by atoms with E-state index in [-0.39, 0.29) is 0 Å². The minimum Gasteiger partial charge on any atom is -0.0870 e. The van der Waals surface area contributed by atoms with E-state index in [1.165, 1.54) is 60.1 Å². The molecule has 0 saturated carbocycles. The van der Waals surface area contributed by atoms with Gasteiger partial charge in [-0.2, -0.15) is 0 Å². The molecule has 0 heterocycles. The smallest absolute Gasteiger partial charge is 0.00137 e. The van der Waals surface area contributed by atoms with Gasteiger partial charge >= 0.3 is 0 Å². The summed E-state index contributed by atoms with van der Waals surface area (Å²) in [6, 6.07) is 37.5. The summed E-state index contributed by atoms with van der Waals surface area (Å²) in [6.07, 6.45) is 4.36. The van der Waals surface area contributed by atoms with E-state index < -0.39 is 0 Å². The Labute approximate surface area is 182 Å². The number of rotatable bonds is 2. The molecule has 0 aliphatic heterocycles. The largest absolute Gasteiger partial charge is 0.0870 e. The average Bonchev–Trinajstić information content (AvgIpc) is 3.06. The number of hydrogen-bond donors (Lipinski definition) is 0. The summed E-state index contributed by atoms with van der Waals surface area (Å²) in [4.78, 5) is 0. The van der Waals surface area contributed by atoms with Gasteiger partial charge in [-0.25, -0.2) is 0 Å². The van der Waals surface area contributed by atoms with Crippen molar-refractivity contribution in [1.82, 2.24) is 0 Å². The van der Waals surface area contributed by atoms with Crippen LogP contribution in [0.1, 0.15) is 12.5 Å². The van der Waals surface area contributed by atoms with Crippen molar-refractivity contribution >= 4 is 38.4 Å². The Morgan fingerprint density at radius 3 is 2.03 bits per heavy atom. The molecule has 6 rings (SSSR count). The molecule has 0 spiro atoms. The van der Waals surface area contributed by atoms with Crippen LogP contribution in [-0.2, 0) is 0 Å². The lowest BCUT2D eigenvalue weighted by Gasteiger charge is -2.08. The highest BCUT2D eigenvalue weighted by Crippen LogP contribution is 2.49. The highest BCUT2D eigenvalue weighted by Gasteiger charge is 2.22. The van der Waals surface area contributed by atoms with Crippen LogP contribution in [0.15, 0.2) is 109 Å². The van der Waals surface area contributed by atoms with Gasteiger partial charge in [-0.15, -0.1) is 0 Å². The third-order valence-electron chi connectivity index (χ3n) is 6.31. The van der Waals surface area contributed by atoms with Gasteiger partial charge in [0.15, 0.2) is 0 Å². The SMILES string of the molecule is C/C=C/c1cccc2c3c(-c4ccccc4)c4ccccc4c-3cc3ccccc3c12. The molecule has 4 aromatic carbocycles. The fourth-order valence-electron chi connectivity index (χ4n) is 5.08. The maximum atomic E-state index is 2.39. The van der Waals surface area contributed by atoms with Gasteiger partial charge in [0.25, 0.3) is 0 Å². The van der Waals surface area contributed by atoms with Crippen molar-refractivity contribution in [3.63, 3.8) is 0 Å². The molecular formula is C31H22. The molecule has 0 unspecified atom stereocenters. The van der Waals surface area contributed by atoms with Crippen molar-refractivity contribution in [1.29, 1.82) is 0 Å². The minimum atomic E-state index is 1.26. The van der Waals surface area contributed by atoms with E-state index >= 15 is 0 Å². The summed E-state index contributed by atoms with van der Waals surface area (Å²) < 4.78 is 0. The topological polar surface area (TPSA) is 0 Å². The van der Waals surface area contributed by atoms with Crippen molar-refractivity contribution in [2.24, 2.45) is 0 Å². The fourth-order valence-corrected chi connectivity index (χ4v) is 5.08. The Hall–Kier alpha value is -3.90. The van der Waals surface area contributed by atoms with E-state index in [9.17, 15) is 0 Å². The van der Waals surface area contributed by atoms with E-state index in [0.29, 0.717) is 0 Å². The van der Waals surface area contributed by atoms with Crippen molar-refractivity contribution in [2.45, 2.75) is 6.92 Å². The Balaban J connectivity index is 1.96. The molecule has 0 amide bonds. The molecule has 2 aliphatic carbocycles. The quantitative estimate of drug-likeness (QED) is 0.275. The zero-order valence-electron chi connectivity index (χ0n) is 17.5. The normalized spacial score (nSPS) is 11.9. The van der Waals surface area contributed by atoms with E-state index in [2.05, 4.69) is 122 Å².